The molecular formula is C27H34FN7O3. The molecule has 0 bridgehead atoms. The Labute approximate surface area is 221 Å². The van der Waals surface area contributed by atoms with Crippen molar-refractivity contribution in [1.82, 2.24) is 30.8 Å². The van der Waals surface area contributed by atoms with Crippen molar-refractivity contribution in [3.8, 4) is 11.4 Å². The zero-order valence-electron chi connectivity index (χ0n) is 22.3. The van der Waals surface area contributed by atoms with E-state index in [1.54, 1.807) is 29.9 Å². The largest absolute Gasteiger partial charge is 0.353 e. The summed E-state index contributed by atoms with van der Waals surface area (Å²) < 4.78 is 18.8. The molecule has 1 aliphatic heterocycles. The van der Waals surface area contributed by atoms with Crippen molar-refractivity contribution in [2.75, 3.05) is 44.7 Å². The molecule has 10 nitrogen and oxygen atoms in total. The Kier molecular flexibility index (Phi) is 8.70. The van der Waals surface area contributed by atoms with Crippen molar-refractivity contribution < 1.29 is 18.5 Å². The number of hydrogen-bond acceptors (Lipinski definition) is 8. The van der Waals surface area contributed by atoms with Crippen LogP contribution in [0.4, 0.5) is 10.1 Å². The second kappa shape index (κ2) is 12.1. The number of hydrogen-bond donors (Lipinski definition) is 2. The molecule has 4 rings (SSSR count). The molecule has 0 unspecified atom stereocenters. The smallest absolute Gasteiger partial charge is 0.256 e. The van der Waals surface area contributed by atoms with Crippen molar-refractivity contribution in [3.63, 3.8) is 0 Å². The first-order valence-corrected chi connectivity index (χ1v) is 12.7. The monoisotopic (exact) mass is 523 g/mol. The third-order valence-electron chi connectivity index (χ3n) is 6.53. The number of aryl methyl sites for hydroxylation is 2. The van der Waals surface area contributed by atoms with Gasteiger partial charge in [-0.25, -0.2) is 9.40 Å². The highest BCUT2D eigenvalue weighted by atomic mass is 19.1. The van der Waals surface area contributed by atoms with Crippen LogP contribution in [-0.2, 0) is 22.7 Å². The van der Waals surface area contributed by atoms with Crippen molar-refractivity contribution in [2.45, 2.75) is 33.9 Å². The first-order valence-electron chi connectivity index (χ1n) is 12.7. The molecule has 202 valence electrons. The SMILES string of the molecule is CCNCCNC(=O)CN(CC(=O)N(C)N1Cc2ccc(F)cc2C1)c1cc(-c2noc(C)n2)ccc1C. The third-order valence-corrected chi connectivity index (χ3v) is 6.53. The van der Waals surface area contributed by atoms with Crippen LogP contribution >= 0.6 is 0 Å². The fourth-order valence-electron chi connectivity index (χ4n) is 4.41. The second-order valence-electron chi connectivity index (χ2n) is 9.35. The van der Waals surface area contributed by atoms with E-state index in [1.165, 1.54) is 12.1 Å². The zero-order valence-corrected chi connectivity index (χ0v) is 22.3. The summed E-state index contributed by atoms with van der Waals surface area (Å²) in [6, 6.07) is 10.3. The number of carbonyl (C=O) groups excluding carboxylic acids is 2. The van der Waals surface area contributed by atoms with E-state index < -0.39 is 0 Å². The van der Waals surface area contributed by atoms with Gasteiger partial charge in [0, 0.05) is 51.4 Å². The summed E-state index contributed by atoms with van der Waals surface area (Å²) in [6.45, 7) is 8.51. The Hall–Kier alpha value is -3.83. The highest BCUT2D eigenvalue weighted by molar-refractivity contribution is 5.87. The van der Waals surface area contributed by atoms with Crippen molar-refractivity contribution in [3.05, 3.63) is 64.8 Å². The van der Waals surface area contributed by atoms with Crippen molar-refractivity contribution in [1.29, 1.82) is 0 Å². The lowest BCUT2D eigenvalue weighted by molar-refractivity contribution is -0.145. The van der Waals surface area contributed by atoms with Gasteiger partial charge in [-0.3, -0.25) is 14.6 Å². The topological polar surface area (TPSA) is 107 Å². The maximum absolute atomic E-state index is 13.7. The van der Waals surface area contributed by atoms with Crippen LogP contribution in [0.1, 0.15) is 29.5 Å². The van der Waals surface area contributed by atoms with Crippen LogP contribution in [0.5, 0.6) is 0 Å². The van der Waals surface area contributed by atoms with Gasteiger partial charge in [0.1, 0.15) is 5.82 Å². The van der Waals surface area contributed by atoms with Gasteiger partial charge in [0.05, 0.1) is 13.1 Å². The molecule has 11 heteroatoms. The van der Waals surface area contributed by atoms with Gasteiger partial charge in [-0.1, -0.05) is 30.3 Å². The molecule has 0 saturated heterocycles. The van der Waals surface area contributed by atoms with Gasteiger partial charge in [0.2, 0.25) is 17.6 Å². The third kappa shape index (κ3) is 6.53. The molecule has 1 aliphatic rings. The highest BCUT2D eigenvalue weighted by Gasteiger charge is 2.27. The number of nitrogens with one attached hydrogen (secondary N) is 2. The average Bonchev–Trinajstić information content (AvgIpc) is 3.52. The van der Waals surface area contributed by atoms with E-state index in [9.17, 15) is 14.0 Å². The van der Waals surface area contributed by atoms with Crippen LogP contribution in [0.15, 0.2) is 40.9 Å². The summed E-state index contributed by atoms with van der Waals surface area (Å²) in [5.41, 5.74) is 4.19. The Morgan fingerprint density at radius 1 is 1.08 bits per heavy atom. The number of rotatable bonds is 11. The minimum absolute atomic E-state index is 0.00724. The fourth-order valence-corrected chi connectivity index (χ4v) is 4.41. The van der Waals surface area contributed by atoms with Crippen LogP contribution in [0.2, 0.25) is 0 Å². The van der Waals surface area contributed by atoms with Gasteiger partial charge < -0.3 is 20.1 Å². The lowest BCUT2D eigenvalue weighted by Gasteiger charge is -2.32. The number of hydrazine groups is 1. The molecule has 0 fully saturated rings. The van der Waals surface area contributed by atoms with Gasteiger partial charge in [0.15, 0.2) is 0 Å². The summed E-state index contributed by atoms with van der Waals surface area (Å²) in [5, 5.41) is 13.5. The minimum atomic E-state index is -0.293. The molecule has 0 spiro atoms. The zero-order chi connectivity index (χ0) is 27.2. The Bertz CT molecular complexity index is 1300. The molecule has 2 N–H and O–H groups in total. The molecule has 0 saturated carbocycles. The first kappa shape index (κ1) is 27.2. The van der Waals surface area contributed by atoms with E-state index in [0.29, 0.717) is 37.9 Å². The predicted molar refractivity (Wildman–Crippen MR) is 141 cm³/mol. The van der Waals surface area contributed by atoms with Gasteiger partial charge in [-0.15, -0.1) is 0 Å². The molecule has 3 aromatic rings. The molecule has 0 radical (unpaired) electrons. The summed E-state index contributed by atoms with van der Waals surface area (Å²) in [4.78, 5) is 32.4. The lowest BCUT2D eigenvalue weighted by atomic mass is 10.1. The van der Waals surface area contributed by atoms with Crippen molar-refractivity contribution in [2.24, 2.45) is 0 Å². The van der Waals surface area contributed by atoms with Crippen molar-refractivity contribution >= 4 is 17.5 Å². The number of amides is 2. The van der Waals surface area contributed by atoms with Crippen LogP contribution in [-0.4, -0.2) is 71.7 Å². The lowest BCUT2D eigenvalue weighted by Crippen LogP contribution is -2.48. The summed E-state index contributed by atoms with van der Waals surface area (Å²) >= 11 is 0. The Balaban J connectivity index is 1.53. The van der Waals surface area contributed by atoms with Gasteiger partial charge in [-0.05, 0) is 48.4 Å². The fraction of sp³-hybridized carbons (Fsp3) is 0.407. The standard InChI is InChI=1S/C27H34FN7O3/c1-5-29-10-11-30-25(36)16-34(24-13-20(7-6-18(24)2)27-31-19(3)38-32-27)17-26(37)33(4)35-14-21-8-9-23(28)12-22(21)15-35/h6-9,12-13,29H,5,10-11,14-17H2,1-4H3,(H,30,36). The molecule has 38 heavy (non-hydrogen) atoms. The number of aromatic nitrogens is 2. The molecule has 1 aromatic heterocycles. The van der Waals surface area contributed by atoms with Crippen LogP contribution in [0.25, 0.3) is 11.4 Å². The summed E-state index contributed by atoms with van der Waals surface area (Å²) in [7, 11) is 1.70. The van der Waals surface area contributed by atoms with E-state index in [0.717, 1.165) is 34.5 Å². The molecular weight excluding hydrogens is 489 g/mol. The number of fused-ring (bicyclic) bond motifs is 1. The molecule has 0 aliphatic carbocycles. The highest BCUT2D eigenvalue weighted by Crippen LogP contribution is 2.28. The molecule has 0 atom stereocenters. The predicted octanol–water partition coefficient (Wildman–Crippen LogP) is 2.41. The minimum Gasteiger partial charge on any atom is -0.353 e. The first-order chi connectivity index (χ1) is 18.2. The summed E-state index contributed by atoms with van der Waals surface area (Å²) in [5.74, 6) is 0.200. The normalized spacial score (nSPS) is 12.9. The Morgan fingerprint density at radius 3 is 2.61 bits per heavy atom. The number of anilines is 1. The van der Waals surface area contributed by atoms with E-state index in [4.69, 9.17) is 4.52 Å². The maximum Gasteiger partial charge on any atom is 0.256 e. The maximum atomic E-state index is 13.7. The van der Waals surface area contributed by atoms with E-state index in [1.807, 2.05) is 37.1 Å². The van der Waals surface area contributed by atoms with Crippen LogP contribution < -0.4 is 15.5 Å². The average molecular weight is 524 g/mol. The number of likely N-dealkylation sites (N-methyl/N-ethyl adjacent to an activating group) is 2. The van der Waals surface area contributed by atoms with Crippen LogP contribution in [0, 0.1) is 19.7 Å². The second-order valence-corrected chi connectivity index (χ2v) is 9.35. The summed E-state index contributed by atoms with van der Waals surface area (Å²) in [6.07, 6.45) is 0. The van der Waals surface area contributed by atoms with Gasteiger partial charge in [-0.2, -0.15) is 4.98 Å². The Morgan fingerprint density at radius 2 is 1.87 bits per heavy atom. The van der Waals surface area contributed by atoms with Gasteiger partial charge in [0.25, 0.3) is 5.91 Å². The molecule has 2 aromatic carbocycles. The van der Waals surface area contributed by atoms with E-state index in [2.05, 4.69) is 20.8 Å². The quantitative estimate of drug-likeness (QED) is 0.369. The number of nitrogens with zero attached hydrogens (tertiary/aromatic N) is 5. The van der Waals surface area contributed by atoms with Gasteiger partial charge >= 0.3 is 0 Å². The molecule has 2 heterocycles. The van der Waals surface area contributed by atoms with Crippen LogP contribution in [0.3, 0.4) is 0 Å². The number of halogens is 1. The van der Waals surface area contributed by atoms with E-state index >= 15 is 0 Å². The molecule has 2 amide bonds. The number of benzene rings is 2. The van der Waals surface area contributed by atoms with E-state index in [-0.39, 0.29) is 30.7 Å². The number of carbonyl (C=O) groups is 2.